The minimum absolute atomic E-state index is 0.111. The maximum absolute atomic E-state index is 6.30. The SMILES string of the molecule is CC(C)(N)C(C)(C)CN1CCN2CCCC2C1. The topological polar surface area (TPSA) is 32.5 Å². The van der Waals surface area contributed by atoms with Crippen LogP contribution in [0.5, 0.6) is 0 Å². The van der Waals surface area contributed by atoms with Crippen molar-refractivity contribution < 1.29 is 0 Å². The lowest BCUT2D eigenvalue weighted by atomic mass is 9.74. The van der Waals surface area contributed by atoms with Crippen molar-refractivity contribution in [3.8, 4) is 0 Å². The van der Waals surface area contributed by atoms with Gasteiger partial charge in [-0.1, -0.05) is 13.8 Å². The first kappa shape index (κ1) is 13.3. The van der Waals surface area contributed by atoms with Crippen LogP contribution in [0.3, 0.4) is 0 Å². The number of nitrogens with two attached hydrogens (primary N) is 1. The van der Waals surface area contributed by atoms with Crippen LogP contribution < -0.4 is 5.73 Å². The molecule has 17 heavy (non-hydrogen) atoms. The van der Waals surface area contributed by atoms with Gasteiger partial charge in [-0.15, -0.1) is 0 Å². The molecule has 0 aromatic rings. The van der Waals surface area contributed by atoms with E-state index in [0.29, 0.717) is 0 Å². The Hall–Kier alpha value is -0.120. The Bertz CT molecular complexity index is 267. The maximum Gasteiger partial charge on any atom is 0.0224 e. The minimum Gasteiger partial charge on any atom is -0.325 e. The number of rotatable bonds is 3. The zero-order valence-corrected chi connectivity index (χ0v) is 12.0. The van der Waals surface area contributed by atoms with Gasteiger partial charge >= 0.3 is 0 Å². The molecule has 1 unspecified atom stereocenters. The lowest BCUT2D eigenvalue weighted by Gasteiger charge is -2.45. The predicted molar refractivity (Wildman–Crippen MR) is 73.1 cm³/mol. The van der Waals surface area contributed by atoms with E-state index < -0.39 is 0 Å². The molecule has 0 saturated carbocycles. The molecule has 0 aromatic carbocycles. The van der Waals surface area contributed by atoms with E-state index in [4.69, 9.17) is 5.73 Å². The maximum atomic E-state index is 6.30. The van der Waals surface area contributed by atoms with E-state index in [1.165, 1.54) is 39.0 Å². The Morgan fingerprint density at radius 2 is 1.82 bits per heavy atom. The van der Waals surface area contributed by atoms with Gasteiger partial charge in [0.1, 0.15) is 0 Å². The van der Waals surface area contributed by atoms with Crippen LogP contribution in [-0.2, 0) is 0 Å². The molecular formula is C14H29N3. The van der Waals surface area contributed by atoms with Gasteiger partial charge in [0.25, 0.3) is 0 Å². The van der Waals surface area contributed by atoms with Crippen LogP contribution in [0.15, 0.2) is 0 Å². The van der Waals surface area contributed by atoms with Gasteiger partial charge in [-0.25, -0.2) is 0 Å². The van der Waals surface area contributed by atoms with E-state index in [0.717, 1.165) is 12.6 Å². The zero-order chi connectivity index (χ0) is 12.7. The minimum atomic E-state index is -0.111. The molecule has 2 rings (SSSR count). The molecule has 2 heterocycles. The van der Waals surface area contributed by atoms with Crippen molar-refractivity contribution in [1.82, 2.24) is 9.80 Å². The molecule has 2 aliphatic rings. The first-order valence-corrected chi connectivity index (χ1v) is 7.05. The summed E-state index contributed by atoms with van der Waals surface area (Å²) in [6.07, 6.45) is 2.78. The highest BCUT2D eigenvalue weighted by Crippen LogP contribution is 2.31. The van der Waals surface area contributed by atoms with Crippen molar-refractivity contribution in [2.24, 2.45) is 11.1 Å². The Kier molecular flexibility index (Phi) is 3.54. The van der Waals surface area contributed by atoms with Gasteiger partial charge in [-0.3, -0.25) is 9.80 Å². The summed E-state index contributed by atoms with van der Waals surface area (Å²) >= 11 is 0. The molecule has 2 N–H and O–H groups in total. The van der Waals surface area contributed by atoms with Gasteiger partial charge in [-0.2, -0.15) is 0 Å². The predicted octanol–water partition coefficient (Wildman–Crippen LogP) is 1.53. The van der Waals surface area contributed by atoms with Crippen LogP contribution in [-0.4, -0.2) is 54.1 Å². The van der Waals surface area contributed by atoms with Crippen molar-refractivity contribution in [3.63, 3.8) is 0 Å². The van der Waals surface area contributed by atoms with Crippen LogP contribution >= 0.6 is 0 Å². The summed E-state index contributed by atoms with van der Waals surface area (Å²) in [5.41, 5.74) is 6.36. The fourth-order valence-corrected chi connectivity index (χ4v) is 2.96. The van der Waals surface area contributed by atoms with Crippen LogP contribution in [0, 0.1) is 5.41 Å². The summed E-state index contributed by atoms with van der Waals surface area (Å²) in [5, 5.41) is 0. The van der Waals surface area contributed by atoms with Gasteiger partial charge in [0.15, 0.2) is 0 Å². The fraction of sp³-hybridized carbons (Fsp3) is 1.00. The van der Waals surface area contributed by atoms with Crippen molar-refractivity contribution >= 4 is 0 Å². The van der Waals surface area contributed by atoms with Gasteiger partial charge in [0, 0.05) is 37.8 Å². The first-order chi connectivity index (χ1) is 7.79. The Morgan fingerprint density at radius 3 is 2.47 bits per heavy atom. The van der Waals surface area contributed by atoms with Crippen LogP contribution in [0.2, 0.25) is 0 Å². The highest BCUT2D eigenvalue weighted by atomic mass is 15.3. The molecule has 0 spiro atoms. The molecule has 3 nitrogen and oxygen atoms in total. The monoisotopic (exact) mass is 239 g/mol. The molecule has 2 saturated heterocycles. The number of nitrogens with zero attached hydrogens (tertiary/aromatic N) is 2. The van der Waals surface area contributed by atoms with Crippen LogP contribution in [0.1, 0.15) is 40.5 Å². The highest BCUT2D eigenvalue weighted by Gasteiger charge is 2.38. The summed E-state index contributed by atoms with van der Waals surface area (Å²) in [6, 6.07) is 0.820. The highest BCUT2D eigenvalue weighted by molar-refractivity contribution is 4.95. The van der Waals surface area contributed by atoms with Crippen molar-refractivity contribution in [3.05, 3.63) is 0 Å². The number of piperazine rings is 1. The quantitative estimate of drug-likeness (QED) is 0.811. The third-order valence-corrected chi connectivity index (χ3v) is 5.03. The third-order valence-electron chi connectivity index (χ3n) is 5.03. The molecule has 0 aliphatic carbocycles. The summed E-state index contributed by atoms with van der Waals surface area (Å²) in [7, 11) is 0. The lowest BCUT2D eigenvalue weighted by Crippen LogP contribution is -2.57. The van der Waals surface area contributed by atoms with Gasteiger partial charge < -0.3 is 5.73 Å². The standard InChI is InChI=1S/C14H29N3/c1-13(2,14(3,4)15)11-16-8-9-17-7-5-6-12(17)10-16/h12H,5-11,15H2,1-4H3. The smallest absolute Gasteiger partial charge is 0.0224 e. The average molecular weight is 239 g/mol. The summed E-state index contributed by atoms with van der Waals surface area (Å²) in [6.45, 7) is 15.1. The molecule has 0 aromatic heterocycles. The molecule has 0 radical (unpaired) electrons. The molecule has 2 aliphatic heterocycles. The van der Waals surface area contributed by atoms with Crippen molar-refractivity contribution in [2.75, 3.05) is 32.7 Å². The average Bonchev–Trinajstić information content (AvgIpc) is 2.62. The van der Waals surface area contributed by atoms with E-state index >= 15 is 0 Å². The Morgan fingerprint density at radius 1 is 1.12 bits per heavy atom. The largest absolute Gasteiger partial charge is 0.325 e. The van der Waals surface area contributed by atoms with Gasteiger partial charge in [0.05, 0.1) is 0 Å². The van der Waals surface area contributed by atoms with E-state index in [1.807, 2.05) is 0 Å². The van der Waals surface area contributed by atoms with E-state index in [1.54, 1.807) is 0 Å². The lowest BCUT2D eigenvalue weighted by molar-refractivity contribution is 0.0514. The second-order valence-electron chi connectivity index (χ2n) is 7.17. The molecule has 3 heteroatoms. The van der Waals surface area contributed by atoms with Gasteiger partial charge in [-0.05, 0) is 38.6 Å². The van der Waals surface area contributed by atoms with Crippen molar-refractivity contribution in [1.29, 1.82) is 0 Å². The van der Waals surface area contributed by atoms with Gasteiger partial charge in [0.2, 0.25) is 0 Å². The molecule has 1 atom stereocenters. The summed E-state index contributed by atoms with van der Waals surface area (Å²) < 4.78 is 0. The Labute approximate surface area is 106 Å². The Balaban J connectivity index is 1.92. The summed E-state index contributed by atoms with van der Waals surface area (Å²) in [5.74, 6) is 0. The summed E-state index contributed by atoms with van der Waals surface area (Å²) in [4.78, 5) is 5.29. The first-order valence-electron chi connectivity index (χ1n) is 7.05. The molecule has 2 fully saturated rings. The second-order valence-corrected chi connectivity index (χ2v) is 7.17. The second kappa shape index (κ2) is 4.52. The van der Waals surface area contributed by atoms with Crippen LogP contribution in [0.25, 0.3) is 0 Å². The third kappa shape index (κ3) is 2.83. The van der Waals surface area contributed by atoms with E-state index in [-0.39, 0.29) is 11.0 Å². The molecule has 0 amide bonds. The molecular weight excluding hydrogens is 210 g/mol. The molecule has 0 bridgehead atoms. The van der Waals surface area contributed by atoms with Crippen LogP contribution in [0.4, 0.5) is 0 Å². The fourth-order valence-electron chi connectivity index (χ4n) is 2.96. The van der Waals surface area contributed by atoms with Crippen molar-refractivity contribution in [2.45, 2.75) is 52.1 Å². The zero-order valence-electron chi connectivity index (χ0n) is 12.0. The van der Waals surface area contributed by atoms with E-state index in [2.05, 4.69) is 37.5 Å². The number of hydrogen-bond acceptors (Lipinski definition) is 3. The normalized spacial score (nSPS) is 28.4. The molecule has 100 valence electrons. The van der Waals surface area contributed by atoms with E-state index in [9.17, 15) is 0 Å². The number of fused-ring (bicyclic) bond motifs is 1. The number of hydrogen-bond donors (Lipinski definition) is 1.